The van der Waals surface area contributed by atoms with E-state index in [1.807, 2.05) is 0 Å². The minimum Gasteiger partial charge on any atom is -0.299 e. The second-order valence-corrected chi connectivity index (χ2v) is 12.4. The van der Waals surface area contributed by atoms with Gasteiger partial charge >= 0.3 is 0 Å². The van der Waals surface area contributed by atoms with Gasteiger partial charge in [0.05, 0.1) is 5.75 Å². The van der Waals surface area contributed by atoms with Crippen LogP contribution in [0.25, 0.3) is 0 Å². The van der Waals surface area contributed by atoms with Crippen molar-refractivity contribution in [1.82, 2.24) is 9.21 Å². The maximum Gasteiger partial charge on any atom is 0.215 e. The van der Waals surface area contributed by atoms with Crippen LogP contribution in [0.15, 0.2) is 0 Å². The van der Waals surface area contributed by atoms with Gasteiger partial charge in [-0.15, -0.1) is 0 Å². The number of rotatable bonds is 5. The first-order valence-electron chi connectivity index (χ1n) is 9.99. The fraction of sp³-hybridized carbons (Fsp3) is 0.947. The Kier molecular flexibility index (Phi) is 4.78. The summed E-state index contributed by atoms with van der Waals surface area (Å²) < 4.78 is 28.5. The largest absolute Gasteiger partial charge is 0.299 e. The van der Waals surface area contributed by atoms with E-state index in [-0.39, 0.29) is 17.0 Å². The van der Waals surface area contributed by atoms with E-state index in [0.717, 1.165) is 25.9 Å². The third-order valence-corrected chi connectivity index (χ3v) is 11.1. The Morgan fingerprint density at radius 2 is 1.88 bits per heavy atom. The summed E-state index contributed by atoms with van der Waals surface area (Å²) in [4.78, 5) is 15.2. The van der Waals surface area contributed by atoms with Gasteiger partial charge in [0.1, 0.15) is 5.78 Å². The predicted octanol–water partition coefficient (Wildman–Crippen LogP) is 2.22. The summed E-state index contributed by atoms with van der Waals surface area (Å²) in [6.07, 6.45) is 6.85. The van der Waals surface area contributed by atoms with Crippen LogP contribution < -0.4 is 0 Å². The minimum absolute atomic E-state index is 0.0240. The summed E-state index contributed by atoms with van der Waals surface area (Å²) in [6.45, 7) is 7.61. The number of ketones is 1. The fourth-order valence-corrected chi connectivity index (χ4v) is 9.36. The Labute approximate surface area is 162 Å². The quantitative estimate of drug-likeness (QED) is 0.708. The van der Waals surface area contributed by atoms with Crippen molar-refractivity contribution in [2.45, 2.75) is 57.2 Å². The molecule has 0 radical (unpaired) electrons. The van der Waals surface area contributed by atoms with E-state index >= 15 is 0 Å². The summed E-state index contributed by atoms with van der Waals surface area (Å²) in [5.74, 6) is 0.579. The Balaban J connectivity index is 1.55. The molecule has 148 valence electrons. The molecule has 2 saturated heterocycles. The highest BCUT2D eigenvalue weighted by Crippen LogP contribution is 2.64. The lowest BCUT2D eigenvalue weighted by Crippen LogP contribution is -2.46. The number of carbonyl (C=O) groups is 1. The van der Waals surface area contributed by atoms with Crippen LogP contribution in [0.4, 0.5) is 0 Å². The van der Waals surface area contributed by atoms with Gasteiger partial charge in [-0.1, -0.05) is 13.8 Å². The van der Waals surface area contributed by atoms with Crippen LogP contribution in [0.5, 0.6) is 0 Å². The topological polar surface area (TPSA) is 57.7 Å². The maximum absolute atomic E-state index is 13.4. The molecule has 4 rings (SSSR count). The van der Waals surface area contributed by atoms with Gasteiger partial charge < -0.3 is 0 Å². The average Bonchev–Trinajstić information content (AvgIpc) is 3.31. The van der Waals surface area contributed by atoms with Crippen LogP contribution in [0, 0.1) is 16.7 Å². The molecule has 0 unspecified atom stereocenters. The molecule has 0 N–H and O–H groups in total. The Hall–Kier alpha value is -0.110. The Bertz CT molecular complexity index is 687. The minimum atomic E-state index is -3.42. The van der Waals surface area contributed by atoms with Crippen molar-refractivity contribution in [2.24, 2.45) is 16.7 Å². The molecular weight excluding hydrogens is 368 g/mol. The molecule has 2 saturated carbocycles. The highest BCUT2D eigenvalue weighted by atomic mass is 32.2. The molecule has 2 aliphatic carbocycles. The number of likely N-dealkylation sites (tertiary alicyclic amines) is 1. The van der Waals surface area contributed by atoms with E-state index in [9.17, 15) is 13.2 Å². The number of hydrogen-bond donors (Lipinski definition) is 0. The monoisotopic (exact) mass is 400 g/mol. The average molecular weight is 401 g/mol. The van der Waals surface area contributed by atoms with E-state index < -0.39 is 15.4 Å². The van der Waals surface area contributed by atoms with Gasteiger partial charge in [-0.3, -0.25) is 9.69 Å². The fourth-order valence-electron chi connectivity index (χ4n) is 6.12. The van der Waals surface area contributed by atoms with Crippen molar-refractivity contribution >= 4 is 27.6 Å². The first kappa shape index (κ1) is 19.2. The summed E-state index contributed by atoms with van der Waals surface area (Å²) in [5.41, 5.74) is -0.846. The van der Waals surface area contributed by atoms with Crippen LogP contribution in [-0.4, -0.2) is 72.9 Å². The molecule has 2 bridgehead atoms. The van der Waals surface area contributed by atoms with E-state index in [4.69, 9.17) is 0 Å². The summed E-state index contributed by atoms with van der Waals surface area (Å²) in [6, 6.07) is 0.323. The van der Waals surface area contributed by atoms with Crippen LogP contribution in [0.1, 0.15) is 46.0 Å². The van der Waals surface area contributed by atoms with Crippen LogP contribution in [0.2, 0.25) is 0 Å². The number of nitrogens with zero attached hydrogens (tertiary/aromatic N) is 2. The zero-order valence-corrected chi connectivity index (χ0v) is 17.9. The van der Waals surface area contributed by atoms with E-state index in [0.29, 0.717) is 36.7 Å². The van der Waals surface area contributed by atoms with Crippen molar-refractivity contribution in [3.63, 3.8) is 0 Å². The molecule has 0 aromatic rings. The van der Waals surface area contributed by atoms with Gasteiger partial charge in [-0.2, -0.15) is 16.1 Å². The zero-order valence-electron chi connectivity index (χ0n) is 16.2. The van der Waals surface area contributed by atoms with Gasteiger partial charge in [0, 0.05) is 36.2 Å². The molecule has 0 aromatic carbocycles. The first-order chi connectivity index (χ1) is 12.2. The van der Waals surface area contributed by atoms with Crippen molar-refractivity contribution in [3.05, 3.63) is 0 Å². The lowest BCUT2D eigenvalue weighted by molar-refractivity contribution is -0.128. The van der Waals surface area contributed by atoms with Gasteiger partial charge in [-0.05, 0) is 56.4 Å². The lowest BCUT2D eigenvalue weighted by atomic mass is 9.70. The maximum atomic E-state index is 13.4. The highest BCUT2D eigenvalue weighted by molar-refractivity contribution is 7.99. The molecular formula is C19H32N2O3S2. The van der Waals surface area contributed by atoms with E-state index in [1.54, 1.807) is 16.1 Å². The van der Waals surface area contributed by atoms with Crippen molar-refractivity contribution < 1.29 is 13.2 Å². The summed E-state index contributed by atoms with van der Waals surface area (Å²) in [7, 11) is -3.42. The van der Waals surface area contributed by atoms with Crippen molar-refractivity contribution in [2.75, 3.05) is 38.2 Å². The molecule has 2 heterocycles. The summed E-state index contributed by atoms with van der Waals surface area (Å²) in [5, 5.41) is 0.337. The molecule has 0 spiro atoms. The Morgan fingerprint density at radius 3 is 2.42 bits per heavy atom. The number of carbonyl (C=O) groups excluding carboxylic acids is 1. The number of hydrogen-bond acceptors (Lipinski definition) is 5. The molecule has 5 nitrogen and oxygen atoms in total. The molecule has 4 aliphatic rings. The third kappa shape index (κ3) is 2.72. The number of sulfonamides is 1. The van der Waals surface area contributed by atoms with Crippen LogP contribution in [-0.2, 0) is 14.8 Å². The number of fused-ring (bicyclic) bond motifs is 2. The molecule has 0 aromatic heterocycles. The predicted molar refractivity (Wildman–Crippen MR) is 106 cm³/mol. The standard InChI is InChI=1S/C19H32N2O3S2/c1-18(2)14-6-7-19(18,17(22)10-14)13-26(23,24)21-11-15(16(12-21)25-3)20-8-4-5-9-20/h14-16H,4-13H2,1-3H3/t14-,15+,16-,19-/m0/s1. The second kappa shape index (κ2) is 6.46. The van der Waals surface area contributed by atoms with Gasteiger partial charge in [-0.25, -0.2) is 8.42 Å². The molecule has 26 heavy (non-hydrogen) atoms. The SMILES string of the molecule is CS[C@H]1CN(S(=O)(=O)C[C@@]23CC[C@@H](CC2=O)C3(C)C)C[C@H]1N1CCCC1. The molecule has 2 aliphatic heterocycles. The van der Waals surface area contributed by atoms with E-state index in [1.165, 1.54) is 12.8 Å². The van der Waals surface area contributed by atoms with Gasteiger partial charge in [0.15, 0.2) is 0 Å². The van der Waals surface area contributed by atoms with Crippen LogP contribution in [0.3, 0.4) is 0 Å². The normalized spacial score (nSPS) is 40.7. The van der Waals surface area contributed by atoms with Crippen molar-refractivity contribution in [1.29, 1.82) is 0 Å². The van der Waals surface area contributed by atoms with Crippen LogP contribution >= 0.6 is 11.8 Å². The second-order valence-electron chi connectivity index (χ2n) is 9.32. The molecule has 4 fully saturated rings. The molecule has 7 heteroatoms. The highest BCUT2D eigenvalue weighted by Gasteiger charge is 2.65. The van der Waals surface area contributed by atoms with Crippen molar-refractivity contribution in [3.8, 4) is 0 Å². The molecule has 4 atom stereocenters. The summed E-state index contributed by atoms with van der Waals surface area (Å²) >= 11 is 1.79. The van der Waals surface area contributed by atoms with Gasteiger partial charge in [0.2, 0.25) is 10.0 Å². The lowest BCUT2D eigenvalue weighted by Gasteiger charge is -2.37. The Morgan fingerprint density at radius 1 is 1.19 bits per heavy atom. The molecule has 0 amide bonds. The first-order valence-corrected chi connectivity index (χ1v) is 12.9. The smallest absolute Gasteiger partial charge is 0.215 e. The number of Topliss-reactive ketones (excluding diaryl/α,β-unsaturated/α-hetero) is 1. The van der Waals surface area contributed by atoms with E-state index in [2.05, 4.69) is 25.0 Å². The number of thioether (sulfide) groups is 1. The third-order valence-electron chi connectivity index (χ3n) is 8.08. The van der Waals surface area contributed by atoms with Gasteiger partial charge in [0.25, 0.3) is 0 Å². The zero-order chi connectivity index (χ0) is 18.7.